The minimum Gasteiger partial charge on any atom is -0.409 e. The van der Waals surface area contributed by atoms with Gasteiger partial charge in [-0.05, 0) is 58.0 Å². The van der Waals surface area contributed by atoms with Crippen molar-refractivity contribution in [2.24, 2.45) is 0 Å². The van der Waals surface area contributed by atoms with Gasteiger partial charge >= 0.3 is 0 Å². The Morgan fingerprint density at radius 1 is 1.22 bits per heavy atom. The number of hydrogen-bond donors (Lipinski definition) is 1. The van der Waals surface area contributed by atoms with Crippen LogP contribution in [0.4, 0.5) is 23.1 Å². The zero-order chi connectivity index (χ0) is 29.8. The summed E-state index contributed by atoms with van der Waals surface area (Å²) >= 11 is 0. The molecule has 0 bridgehead atoms. The Labute approximate surface area is 226 Å². The average Bonchev–Trinajstić information content (AvgIpc) is 3.01. The van der Waals surface area contributed by atoms with E-state index in [1.807, 2.05) is 26.0 Å². The number of fused-ring (bicyclic) bond motifs is 1. The highest BCUT2D eigenvalue weighted by molar-refractivity contribution is 6.74. The molecule has 1 N–H and O–H groups in total. The van der Waals surface area contributed by atoms with E-state index in [-0.39, 0.29) is 35.6 Å². The predicted molar refractivity (Wildman–Crippen MR) is 150 cm³/mol. The maximum atomic E-state index is 13.8. The molecule has 0 aliphatic carbocycles. The van der Waals surface area contributed by atoms with Gasteiger partial charge in [-0.3, -0.25) is 9.69 Å². The molecular weight excluding hydrogens is 484 g/mol. The van der Waals surface area contributed by atoms with Gasteiger partial charge in [0.15, 0.2) is 14.1 Å². The van der Waals surface area contributed by atoms with Crippen LogP contribution in [0.5, 0.6) is 0 Å². The summed E-state index contributed by atoms with van der Waals surface area (Å²) in [4.78, 5) is 31.5. The van der Waals surface area contributed by atoms with Gasteiger partial charge in [-0.2, -0.15) is 0 Å². The lowest BCUT2D eigenvalue weighted by Crippen LogP contribution is -2.45. The molecule has 2 aromatic rings. The Hall–Kier alpha value is -2.56. The fourth-order valence-corrected chi connectivity index (χ4v) is 5.56. The number of anilines is 4. The lowest BCUT2D eigenvalue weighted by atomic mass is 9.87. The molecule has 0 spiro atoms. The molecule has 1 amide bonds. The number of rotatable bonds is 6. The van der Waals surface area contributed by atoms with Gasteiger partial charge in [0.25, 0.3) is 0 Å². The van der Waals surface area contributed by atoms with E-state index in [4.69, 9.17) is 18.3 Å². The molecule has 1 fully saturated rings. The van der Waals surface area contributed by atoms with Gasteiger partial charge in [0.1, 0.15) is 17.5 Å². The van der Waals surface area contributed by atoms with Gasteiger partial charge in [-0.1, -0.05) is 20.8 Å². The van der Waals surface area contributed by atoms with E-state index in [2.05, 4.69) is 54.0 Å². The van der Waals surface area contributed by atoms with E-state index in [9.17, 15) is 4.79 Å². The third-order valence-corrected chi connectivity index (χ3v) is 12.2. The van der Waals surface area contributed by atoms with E-state index in [1.165, 1.54) is 4.90 Å². The third-order valence-electron chi connectivity index (χ3n) is 7.73. The largest absolute Gasteiger partial charge is 0.409 e. The van der Waals surface area contributed by atoms with Crippen molar-refractivity contribution >= 4 is 37.4 Å². The van der Waals surface area contributed by atoms with Crippen LogP contribution in [0.2, 0.25) is 18.1 Å². The molecule has 9 nitrogen and oxygen atoms in total. The van der Waals surface area contributed by atoms with Crippen molar-refractivity contribution < 1.29 is 18.1 Å². The molecule has 2 aliphatic rings. The Morgan fingerprint density at radius 2 is 1.89 bits per heavy atom. The molecule has 2 atom stereocenters. The van der Waals surface area contributed by atoms with Crippen molar-refractivity contribution in [2.45, 2.75) is 90.8 Å². The maximum Gasteiger partial charge on any atom is 0.243 e. The van der Waals surface area contributed by atoms with E-state index >= 15 is 0 Å². The number of nitrogens with zero attached hydrogens (tertiary/aromatic N) is 5. The number of ether oxygens (including phenoxy) is 1. The summed E-state index contributed by atoms with van der Waals surface area (Å²) in [5.74, 6) is 1.32. The van der Waals surface area contributed by atoms with Crippen molar-refractivity contribution in [3.8, 4) is 0 Å². The van der Waals surface area contributed by atoms with Crippen LogP contribution in [0.1, 0.15) is 64.0 Å². The zero-order valence-corrected chi connectivity index (χ0v) is 24.5. The van der Waals surface area contributed by atoms with E-state index in [0.717, 1.165) is 18.9 Å². The fraction of sp³-hybridized carbons (Fsp3) is 0.630. The van der Waals surface area contributed by atoms with Gasteiger partial charge in [-0.15, -0.1) is 0 Å². The molecule has 0 unspecified atom stereocenters. The normalized spacial score (nSPS) is 23.4. The van der Waals surface area contributed by atoms with Crippen molar-refractivity contribution in [1.82, 2.24) is 15.0 Å². The first-order valence-electron chi connectivity index (χ1n) is 14.3. The summed E-state index contributed by atoms with van der Waals surface area (Å²) in [5.41, 5.74) is -0.0931. The number of pyridine rings is 1. The molecule has 4 rings (SSSR count). The first-order valence-corrected chi connectivity index (χ1v) is 15.8. The summed E-state index contributed by atoms with van der Waals surface area (Å²) in [7, 11) is -2.15. The van der Waals surface area contributed by atoms with Crippen LogP contribution in [0.25, 0.3) is 0 Å². The summed E-state index contributed by atoms with van der Waals surface area (Å²) in [6, 6.07) is 3.74. The van der Waals surface area contributed by atoms with E-state index in [0.29, 0.717) is 22.9 Å². The highest BCUT2D eigenvalue weighted by Gasteiger charge is 2.48. The summed E-state index contributed by atoms with van der Waals surface area (Å²) < 4.78 is 35.7. The van der Waals surface area contributed by atoms with E-state index < -0.39 is 20.7 Å². The van der Waals surface area contributed by atoms with Crippen LogP contribution in [-0.4, -0.2) is 61.4 Å². The maximum absolute atomic E-state index is 13.8. The molecule has 1 saturated heterocycles. The van der Waals surface area contributed by atoms with Crippen LogP contribution in [0.3, 0.4) is 0 Å². The van der Waals surface area contributed by atoms with E-state index in [1.54, 1.807) is 20.0 Å². The lowest BCUT2D eigenvalue weighted by molar-refractivity contribution is -0.121. The topological polar surface area (TPSA) is 92.7 Å². The summed E-state index contributed by atoms with van der Waals surface area (Å²) in [5, 5.41) is 2.52. The number of nitrogens with one attached hydrogen (secondary N) is 1. The summed E-state index contributed by atoms with van der Waals surface area (Å²) in [6.45, 7) is 17.3. The van der Waals surface area contributed by atoms with Crippen LogP contribution < -0.4 is 15.1 Å². The van der Waals surface area contributed by atoms with Crippen molar-refractivity contribution in [3.63, 3.8) is 0 Å². The molecule has 10 heteroatoms. The number of aromatic nitrogens is 3. The minimum absolute atomic E-state index is 0.0308. The van der Waals surface area contributed by atoms with Crippen molar-refractivity contribution in [3.05, 3.63) is 29.7 Å². The molecule has 0 aromatic carbocycles. The van der Waals surface area contributed by atoms with Gasteiger partial charge in [0, 0.05) is 24.2 Å². The number of carbonyl (C=O) groups excluding carboxylic acids is 1. The standard InChI is InChI=1S/C27H42N6O3Si/c1-17-14-32(15-18(2)36-17)21-12-11-19(13-29-21)33-24-22(27(6,7)25(33)34)23(28-8)30-20(31-24)16-35-37(9,10)26(3,4)5/h11-13,17-18H,14-16H2,1-10H3,(H,28,30,31)/t17-,18+/i8D3. The zero-order valence-electron chi connectivity index (χ0n) is 26.5. The Kier molecular flexibility index (Phi) is 6.13. The second-order valence-electron chi connectivity index (χ2n) is 12.2. The van der Waals surface area contributed by atoms with Crippen LogP contribution >= 0.6 is 0 Å². The molecular formula is C27H42N6O3Si. The first kappa shape index (κ1) is 23.5. The highest BCUT2D eigenvalue weighted by atomic mass is 28.4. The van der Waals surface area contributed by atoms with Crippen molar-refractivity contribution in [2.75, 3.05) is 35.2 Å². The van der Waals surface area contributed by atoms with Gasteiger partial charge in [-0.25, -0.2) is 15.0 Å². The van der Waals surface area contributed by atoms with Crippen molar-refractivity contribution in [1.29, 1.82) is 0 Å². The van der Waals surface area contributed by atoms with Crippen LogP contribution in [-0.2, 0) is 26.0 Å². The van der Waals surface area contributed by atoms with Crippen LogP contribution in [0, 0.1) is 0 Å². The molecule has 0 saturated carbocycles. The quantitative estimate of drug-likeness (QED) is 0.523. The number of carbonyl (C=O) groups is 1. The summed E-state index contributed by atoms with van der Waals surface area (Å²) in [6.07, 6.45) is 1.84. The van der Waals surface area contributed by atoms with Gasteiger partial charge < -0.3 is 19.4 Å². The Morgan fingerprint density at radius 3 is 2.46 bits per heavy atom. The molecule has 0 radical (unpaired) electrons. The number of morpholine rings is 1. The monoisotopic (exact) mass is 529 g/mol. The van der Waals surface area contributed by atoms with Gasteiger partial charge in [0.2, 0.25) is 5.91 Å². The number of amides is 1. The molecule has 37 heavy (non-hydrogen) atoms. The second kappa shape index (κ2) is 9.63. The second-order valence-corrected chi connectivity index (χ2v) is 17.0. The smallest absolute Gasteiger partial charge is 0.243 e. The minimum atomic E-state index is -2.51. The molecule has 2 aromatic heterocycles. The molecule has 202 valence electrons. The number of hydrogen-bond acceptors (Lipinski definition) is 8. The predicted octanol–water partition coefficient (Wildman–Crippen LogP) is 5.00. The Balaban J connectivity index is 1.75. The lowest BCUT2D eigenvalue weighted by Gasteiger charge is -2.36. The van der Waals surface area contributed by atoms with Crippen LogP contribution in [0.15, 0.2) is 18.3 Å². The third kappa shape index (κ3) is 5.11. The SMILES string of the molecule is [2H]C([2H])([2H])Nc1nc(CO[Si](C)(C)C(C)(C)C)nc2c1C(C)(C)C(=O)N2c1ccc(N2C[C@@H](C)O[C@@H](C)C2)nc1. The molecule has 2 aliphatic heterocycles. The average molecular weight is 530 g/mol. The first-order chi connectivity index (χ1) is 18.3. The highest BCUT2D eigenvalue weighted by Crippen LogP contribution is 2.47. The fourth-order valence-electron chi connectivity index (χ4n) is 4.63. The Bertz CT molecular complexity index is 1250. The molecule has 4 heterocycles. The van der Waals surface area contributed by atoms with Gasteiger partial charge in [0.05, 0.1) is 41.7 Å².